The summed E-state index contributed by atoms with van der Waals surface area (Å²) in [4.78, 5) is 37.9. The van der Waals surface area contributed by atoms with E-state index in [1.807, 2.05) is 0 Å². The molecule has 1 atom stereocenters. The summed E-state index contributed by atoms with van der Waals surface area (Å²) in [7, 11) is -3.97. The van der Waals surface area contributed by atoms with Crippen molar-refractivity contribution < 1.29 is 27.5 Å². The third-order valence-corrected chi connectivity index (χ3v) is 6.44. The predicted octanol–water partition coefficient (Wildman–Crippen LogP) is 1.42. The number of ether oxygens (including phenoxy) is 1. The number of morpholine rings is 1. The van der Waals surface area contributed by atoms with Gasteiger partial charge in [0.05, 0.1) is 24.2 Å². The third kappa shape index (κ3) is 6.60. The van der Waals surface area contributed by atoms with Crippen molar-refractivity contribution in [3.8, 4) is 0 Å². The van der Waals surface area contributed by atoms with Crippen LogP contribution >= 0.6 is 0 Å². The lowest BCUT2D eigenvalue weighted by molar-refractivity contribution is -0.117. The van der Waals surface area contributed by atoms with Crippen molar-refractivity contribution in [1.29, 1.82) is 0 Å². The lowest BCUT2D eigenvalue weighted by Crippen LogP contribution is -2.41. The van der Waals surface area contributed by atoms with Crippen LogP contribution in [0.2, 0.25) is 0 Å². The van der Waals surface area contributed by atoms with Crippen LogP contribution < -0.4 is 15.4 Å². The number of hydrogen-bond donors (Lipinski definition) is 3. The second-order valence-corrected chi connectivity index (χ2v) is 9.24. The number of benzene rings is 2. The average molecular weight is 475 g/mol. The van der Waals surface area contributed by atoms with Crippen LogP contribution in [-0.4, -0.2) is 63.4 Å². The molecule has 1 heterocycles. The molecule has 3 N–H and O–H groups in total. The van der Waals surface area contributed by atoms with Crippen LogP contribution in [0.5, 0.6) is 0 Å². The van der Waals surface area contributed by atoms with Gasteiger partial charge >= 0.3 is 0 Å². The summed E-state index contributed by atoms with van der Waals surface area (Å²) < 4.78 is 32.8. The van der Waals surface area contributed by atoms with Crippen molar-refractivity contribution >= 4 is 39.1 Å². The maximum atomic E-state index is 12.6. The standard InChI is InChI=1S/C22H26N4O6S/c1-15(25-33(30,31)20-8-6-18(7-9-20)23-16(2)27)21(28)24-19-5-3-4-17(14-19)22(29)26-10-12-32-13-11-26/h3-9,14-15,25H,10-13H2,1-2H3,(H,23,27)(H,24,28)/t15-/m0/s1. The topological polar surface area (TPSA) is 134 Å². The fraction of sp³-hybridized carbons (Fsp3) is 0.318. The summed E-state index contributed by atoms with van der Waals surface area (Å²) in [6, 6.07) is 11.0. The molecule has 1 aliphatic heterocycles. The quantitative estimate of drug-likeness (QED) is 0.556. The van der Waals surface area contributed by atoms with Gasteiger partial charge < -0.3 is 20.3 Å². The van der Waals surface area contributed by atoms with E-state index in [-0.39, 0.29) is 16.7 Å². The number of nitrogens with zero attached hydrogens (tertiary/aromatic N) is 1. The maximum absolute atomic E-state index is 12.6. The second-order valence-electron chi connectivity index (χ2n) is 7.52. The molecule has 0 aliphatic carbocycles. The molecule has 0 spiro atoms. The van der Waals surface area contributed by atoms with Crippen molar-refractivity contribution in [3.63, 3.8) is 0 Å². The minimum absolute atomic E-state index is 0.0469. The van der Waals surface area contributed by atoms with Gasteiger partial charge in [0.15, 0.2) is 0 Å². The van der Waals surface area contributed by atoms with E-state index < -0.39 is 22.0 Å². The molecule has 0 aromatic heterocycles. The van der Waals surface area contributed by atoms with Crippen LogP contribution in [-0.2, 0) is 24.3 Å². The molecule has 2 aromatic carbocycles. The molecule has 3 amide bonds. The highest BCUT2D eigenvalue weighted by Gasteiger charge is 2.23. The predicted molar refractivity (Wildman–Crippen MR) is 122 cm³/mol. The van der Waals surface area contributed by atoms with Crippen molar-refractivity contribution in [2.75, 3.05) is 36.9 Å². The van der Waals surface area contributed by atoms with Crippen molar-refractivity contribution in [2.24, 2.45) is 0 Å². The number of rotatable bonds is 7. The molecule has 176 valence electrons. The van der Waals surface area contributed by atoms with Gasteiger partial charge in [-0.05, 0) is 49.4 Å². The number of hydrogen-bond acceptors (Lipinski definition) is 6. The van der Waals surface area contributed by atoms with Crippen LogP contribution in [0.15, 0.2) is 53.4 Å². The Balaban J connectivity index is 1.63. The molecule has 10 nitrogen and oxygen atoms in total. The van der Waals surface area contributed by atoms with Gasteiger partial charge in [-0.1, -0.05) is 6.07 Å². The monoisotopic (exact) mass is 474 g/mol. The number of sulfonamides is 1. The molecule has 0 unspecified atom stereocenters. The normalized spacial score (nSPS) is 14.9. The van der Waals surface area contributed by atoms with E-state index in [1.54, 1.807) is 29.2 Å². The first-order chi connectivity index (χ1) is 15.7. The summed E-state index contributed by atoms with van der Waals surface area (Å²) in [6.07, 6.45) is 0. The van der Waals surface area contributed by atoms with Crippen molar-refractivity contribution in [3.05, 3.63) is 54.1 Å². The summed E-state index contributed by atoms with van der Waals surface area (Å²) in [5.41, 5.74) is 1.26. The van der Waals surface area contributed by atoms with E-state index in [1.165, 1.54) is 38.1 Å². The Bertz CT molecular complexity index is 1130. The van der Waals surface area contributed by atoms with Gasteiger partial charge in [0.1, 0.15) is 0 Å². The Morgan fingerprint density at radius 1 is 0.970 bits per heavy atom. The average Bonchev–Trinajstić information content (AvgIpc) is 2.79. The number of carbonyl (C=O) groups excluding carboxylic acids is 3. The number of nitrogens with one attached hydrogen (secondary N) is 3. The highest BCUT2D eigenvalue weighted by Crippen LogP contribution is 2.16. The molecule has 0 radical (unpaired) electrons. The molecule has 11 heteroatoms. The molecule has 1 aliphatic rings. The van der Waals surface area contributed by atoms with Gasteiger partial charge in [0, 0.05) is 37.0 Å². The molecule has 33 heavy (non-hydrogen) atoms. The van der Waals surface area contributed by atoms with Crippen molar-refractivity contribution in [1.82, 2.24) is 9.62 Å². The van der Waals surface area contributed by atoms with E-state index in [4.69, 9.17) is 4.74 Å². The van der Waals surface area contributed by atoms with Gasteiger partial charge in [0.2, 0.25) is 21.8 Å². The number of carbonyl (C=O) groups is 3. The Kier molecular flexibility index (Phi) is 7.79. The van der Waals surface area contributed by atoms with Gasteiger partial charge in [0.25, 0.3) is 5.91 Å². The molecule has 1 saturated heterocycles. The summed E-state index contributed by atoms with van der Waals surface area (Å²) in [5.74, 6) is -1.01. The first-order valence-corrected chi connectivity index (χ1v) is 11.8. The van der Waals surface area contributed by atoms with E-state index in [2.05, 4.69) is 15.4 Å². The van der Waals surface area contributed by atoms with Gasteiger partial charge in [-0.3, -0.25) is 14.4 Å². The molecule has 1 fully saturated rings. The Hall–Kier alpha value is -3.28. The highest BCUT2D eigenvalue weighted by molar-refractivity contribution is 7.89. The second kappa shape index (κ2) is 10.6. The number of anilines is 2. The van der Waals surface area contributed by atoms with Crippen LogP contribution in [0.3, 0.4) is 0 Å². The smallest absolute Gasteiger partial charge is 0.254 e. The fourth-order valence-corrected chi connectivity index (χ4v) is 4.41. The summed E-state index contributed by atoms with van der Waals surface area (Å²) in [5, 5.41) is 5.19. The minimum Gasteiger partial charge on any atom is -0.378 e. The first kappa shape index (κ1) is 24.4. The zero-order chi connectivity index (χ0) is 24.0. The molecular formula is C22H26N4O6S. The lowest BCUT2D eigenvalue weighted by atomic mass is 10.1. The molecule has 3 rings (SSSR count). The lowest BCUT2D eigenvalue weighted by Gasteiger charge is -2.27. The van der Waals surface area contributed by atoms with Crippen LogP contribution in [0, 0.1) is 0 Å². The van der Waals surface area contributed by atoms with E-state index in [0.29, 0.717) is 43.2 Å². The van der Waals surface area contributed by atoms with Crippen LogP contribution in [0.1, 0.15) is 24.2 Å². The van der Waals surface area contributed by atoms with Gasteiger partial charge in [-0.2, -0.15) is 4.72 Å². The van der Waals surface area contributed by atoms with Crippen LogP contribution in [0.4, 0.5) is 11.4 Å². The first-order valence-electron chi connectivity index (χ1n) is 10.3. The highest BCUT2D eigenvalue weighted by atomic mass is 32.2. The van der Waals surface area contributed by atoms with Gasteiger partial charge in [-0.15, -0.1) is 0 Å². The Morgan fingerprint density at radius 3 is 2.27 bits per heavy atom. The Morgan fingerprint density at radius 2 is 1.64 bits per heavy atom. The van der Waals surface area contributed by atoms with Crippen molar-refractivity contribution in [2.45, 2.75) is 24.8 Å². The summed E-state index contributed by atoms with van der Waals surface area (Å²) in [6.45, 7) is 4.73. The molecule has 2 aromatic rings. The molecule has 0 bridgehead atoms. The summed E-state index contributed by atoms with van der Waals surface area (Å²) >= 11 is 0. The fourth-order valence-electron chi connectivity index (χ4n) is 3.20. The zero-order valence-corrected chi connectivity index (χ0v) is 19.1. The SMILES string of the molecule is CC(=O)Nc1ccc(S(=O)(=O)N[C@@H](C)C(=O)Nc2cccc(C(=O)N3CCOCC3)c2)cc1. The largest absolute Gasteiger partial charge is 0.378 e. The van der Waals surface area contributed by atoms with E-state index >= 15 is 0 Å². The third-order valence-electron chi connectivity index (χ3n) is 4.89. The Labute approximate surface area is 192 Å². The molecular weight excluding hydrogens is 448 g/mol. The van der Waals surface area contributed by atoms with E-state index in [0.717, 1.165) is 0 Å². The van der Waals surface area contributed by atoms with Gasteiger partial charge in [-0.25, -0.2) is 8.42 Å². The number of amides is 3. The van der Waals surface area contributed by atoms with E-state index in [9.17, 15) is 22.8 Å². The van der Waals surface area contributed by atoms with Crippen LogP contribution in [0.25, 0.3) is 0 Å². The maximum Gasteiger partial charge on any atom is 0.254 e. The molecule has 0 saturated carbocycles. The zero-order valence-electron chi connectivity index (χ0n) is 18.3. The minimum atomic E-state index is -3.97.